The van der Waals surface area contributed by atoms with Crippen LogP contribution >= 0.6 is 0 Å². The maximum absolute atomic E-state index is 12.0. The third-order valence-corrected chi connectivity index (χ3v) is 3.87. The quantitative estimate of drug-likeness (QED) is 0.809. The SMILES string of the molecule is CCc1ccc(NC(=O)Nc2ccc(N(CC)CC)cc2)cc1. The van der Waals surface area contributed by atoms with Crippen molar-refractivity contribution >= 4 is 23.1 Å². The number of hydrogen-bond acceptors (Lipinski definition) is 2. The number of hydrogen-bond donors (Lipinski definition) is 2. The Morgan fingerprint density at radius 1 is 0.826 bits per heavy atom. The molecule has 4 heteroatoms. The second-order valence-corrected chi connectivity index (χ2v) is 5.35. The summed E-state index contributed by atoms with van der Waals surface area (Å²) in [7, 11) is 0. The average molecular weight is 311 g/mol. The van der Waals surface area contributed by atoms with Gasteiger partial charge in [-0.2, -0.15) is 0 Å². The summed E-state index contributed by atoms with van der Waals surface area (Å²) in [6.07, 6.45) is 0.991. The van der Waals surface area contributed by atoms with E-state index in [4.69, 9.17) is 0 Å². The third-order valence-electron chi connectivity index (χ3n) is 3.87. The van der Waals surface area contributed by atoms with Crippen molar-refractivity contribution in [1.82, 2.24) is 0 Å². The number of benzene rings is 2. The summed E-state index contributed by atoms with van der Waals surface area (Å²) in [6.45, 7) is 8.31. The number of urea groups is 1. The van der Waals surface area contributed by atoms with E-state index < -0.39 is 0 Å². The number of aryl methyl sites for hydroxylation is 1. The minimum atomic E-state index is -0.232. The number of amides is 2. The van der Waals surface area contributed by atoms with E-state index in [0.29, 0.717) is 0 Å². The number of anilines is 3. The number of carbonyl (C=O) groups excluding carboxylic acids is 1. The lowest BCUT2D eigenvalue weighted by Gasteiger charge is -2.21. The molecule has 0 fully saturated rings. The molecule has 0 atom stereocenters. The van der Waals surface area contributed by atoms with Gasteiger partial charge in [-0.25, -0.2) is 4.79 Å². The van der Waals surface area contributed by atoms with Gasteiger partial charge in [-0.05, 0) is 62.2 Å². The first-order chi connectivity index (χ1) is 11.2. The molecule has 0 radical (unpaired) electrons. The molecule has 0 aliphatic heterocycles. The summed E-state index contributed by atoms with van der Waals surface area (Å²) in [5.41, 5.74) is 3.99. The largest absolute Gasteiger partial charge is 0.372 e. The van der Waals surface area contributed by atoms with E-state index >= 15 is 0 Å². The van der Waals surface area contributed by atoms with Gasteiger partial charge in [0.25, 0.3) is 0 Å². The van der Waals surface area contributed by atoms with Crippen LogP contribution in [0.1, 0.15) is 26.3 Å². The van der Waals surface area contributed by atoms with Gasteiger partial charge in [0.1, 0.15) is 0 Å². The van der Waals surface area contributed by atoms with Crippen molar-refractivity contribution in [2.24, 2.45) is 0 Å². The molecule has 0 saturated heterocycles. The predicted octanol–water partition coefficient (Wildman–Crippen LogP) is 4.74. The van der Waals surface area contributed by atoms with E-state index in [0.717, 1.165) is 36.6 Å². The van der Waals surface area contributed by atoms with Crippen molar-refractivity contribution in [2.45, 2.75) is 27.2 Å². The topological polar surface area (TPSA) is 44.4 Å². The van der Waals surface area contributed by atoms with Gasteiger partial charge in [-0.3, -0.25) is 0 Å². The Balaban J connectivity index is 1.94. The van der Waals surface area contributed by atoms with Crippen LogP contribution in [-0.2, 0) is 6.42 Å². The zero-order chi connectivity index (χ0) is 16.7. The van der Waals surface area contributed by atoms with E-state index in [1.54, 1.807) is 0 Å². The lowest BCUT2D eigenvalue weighted by Crippen LogP contribution is -2.22. The van der Waals surface area contributed by atoms with E-state index in [9.17, 15) is 4.79 Å². The molecule has 0 heterocycles. The maximum Gasteiger partial charge on any atom is 0.323 e. The first-order valence-corrected chi connectivity index (χ1v) is 8.18. The summed E-state index contributed by atoms with van der Waals surface area (Å²) < 4.78 is 0. The Labute approximate surface area is 138 Å². The Hall–Kier alpha value is -2.49. The second-order valence-electron chi connectivity index (χ2n) is 5.35. The van der Waals surface area contributed by atoms with Gasteiger partial charge in [0.2, 0.25) is 0 Å². The molecule has 2 aromatic rings. The maximum atomic E-state index is 12.0. The Morgan fingerprint density at radius 2 is 1.30 bits per heavy atom. The molecule has 0 spiro atoms. The molecule has 2 amide bonds. The molecule has 2 aromatic carbocycles. The highest BCUT2D eigenvalue weighted by Gasteiger charge is 2.05. The van der Waals surface area contributed by atoms with Crippen molar-refractivity contribution < 1.29 is 4.79 Å². The first kappa shape index (κ1) is 16.9. The van der Waals surface area contributed by atoms with Crippen LogP contribution in [0.2, 0.25) is 0 Å². The Kier molecular flexibility index (Phi) is 6.03. The fourth-order valence-corrected chi connectivity index (χ4v) is 2.46. The molecular formula is C19H25N3O. The number of rotatable bonds is 6. The highest BCUT2D eigenvalue weighted by Crippen LogP contribution is 2.18. The summed E-state index contributed by atoms with van der Waals surface area (Å²) in [5.74, 6) is 0. The molecule has 0 bridgehead atoms. The normalized spacial score (nSPS) is 10.2. The molecule has 2 N–H and O–H groups in total. The lowest BCUT2D eigenvalue weighted by atomic mass is 10.1. The fourth-order valence-electron chi connectivity index (χ4n) is 2.46. The van der Waals surface area contributed by atoms with Crippen molar-refractivity contribution in [3.05, 3.63) is 54.1 Å². The number of carbonyl (C=O) groups is 1. The predicted molar refractivity (Wildman–Crippen MR) is 98.5 cm³/mol. The molecule has 0 aromatic heterocycles. The molecular weight excluding hydrogens is 286 g/mol. The van der Waals surface area contributed by atoms with Crippen LogP contribution in [0.15, 0.2) is 48.5 Å². The van der Waals surface area contributed by atoms with Crippen molar-refractivity contribution in [3.8, 4) is 0 Å². The van der Waals surface area contributed by atoms with Crippen molar-refractivity contribution in [1.29, 1.82) is 0 Å². The summed E-state index contributed by atoms with van der Waals surface area (Å²) in [6, 6.07) is 15.6. The molecule has 0 aliphatic carbocycles. The smallest absolute Gasteiger partial charge is 0.323 e. The number of nitrogens with zero attached hydrogens (tertiary/aromatic N) is 1. The van der Waals surface area contributed by atoms with E-state index in [-0.39, 0.29) is 6.03 Å². The van der Waals surface area contributed by atoms with Crippen LogP contribution in [0.3, 0.4) is 0 Å². The van der Waals surface area contributed by atoms with Gasteiger partial charge in [-0.1, -0.05) is 19.1 Å². The minimum Gasteiger partial charge on any atom is -0.372 e. The van der Waals surface area contributed by atoms with Crippen molar-refractivity contribution in [2.75, 3.05) is 28.6 Å². The second kappa shape index (κ2) is 8.22. The molecule has 23 heavy (non-hydrogen) atoms. The Bertz CT molecular complexity index is 616. The van der Waals surface area contributed by atoms with Gasteiger partial charge in [0.05, 0.1) is 0 Å². The number of nitrogens with one attached hydrogen (secondary N) is 2. The monoisotopic (exact) mass is 311 g/mol. The fraction of sp³-hybridized carbons (Fsp3) is 0.316. The lowest BCUT2D eigenvalue weighted by molar-refractivity contribution is 0.262. The van der Waals surface area contributed by atoms with Gasteiger partial charge in [0, 0.05) is 30.2 Å². The van der Waals surface area contributed by atoms with Gasteiger partial charge < -0.3 is 15.5 Å². The molecule has 2 rings (SSSR count). The summed E-state index contributed by atoms with van der Waals surface area (Å²) in [5, 5.41) is 5.69. The van der Waals surface area contributed by atoms with Crippen LogP contribution in [0.5, 0.6) is 0 Å². The van der Waals surface area contributed by atoms with Crippen LogP contribution in [-0.4, -0.2) is 19.1 Å². The standard InChI is InChI=1S/C19H25N3O/c1-4-15-7-9-16(10-8-15)20-19(23)21-17-11-13-18(14-12-17)22(5-2)6-3/h7-14H,4-6H2,1-3H3,(H2,20,21,23). The zero-order valence-electron chi connectivity index (χ0n) is 14.1. The molecule has 0 saturated carbocycles. The van der Waals surface area contributed by atoms with E-state index in [1.807, 2.05) is 48.5 Å². The van der Waals surface area contributed by atoms with Crippen LogP contribution < -0.4 is 15.5 Å². The average Bonchev–Trinajstić information content (AvgIpc) is 2.58. The molecule has 0 aliphatic rings. The van der Waals surface area contributed by atoms with Gasteiger partial charge >= 0.3 is 6.03 Å². The van der Waals surface area contributed by atoms with Gasteiger partial charge in [0.15, 0.2) is 0 Å². The third kappa shape index (κ3) is 4.74. The highest BCUT2D eigenvalue weighted by molar-refractivity contribution is 5.99. The summed E-state index contributed by atoms with van der Waals surface area (Å²) >= 11 is 0. The van der Waals surface area contributed by atoms with E-state index in [2.05, 4.69) is 36.3 Å². The Morgan fingerprint density at radius 3 is 1.74 bits per heavy atom. The highest BCUT2D eigenvalue weighted by atomic mass is 16.2. The molecule has 122 valence electrons. The zero-order valence-corrected chi connectivity index (χ0v) is 14.1. The molecule has 0 unspecified atom stereocenters. The summed E-state index contributed by atoms with van der Waals surface area (Å²) in [4.78, 5) is 14.3. The van der Waals surface area contributed by atoms with Crippen LogP contribution in [0, 0.1) is 0 Å². The van der Waals surface area contributed by atoms with E-state index in [1.165, 1.54) is 5.56 Å². The minimum absolute atomic E-state index is 0.232. The van der Waals surface area contributed by atoms with Crippen LogP contribution in [0.4, 0.5) is 21.9 Å². The van der Waals surface area contributed by atoms with Gasteiger partial charge in [-0.15, -0.1) is 0 Å². The molecule has 4 nitrogen and oxygen atoms in total. The first-order valence-electron chi connectivity index (χ1n) is 8.18. The van der Waals surface area contributed by atoms with Crippen LogP contribution in [0.25, 0.3) is 0 Å². The van der Waals surface area contributed by atoms with Crippen molar-refractivity contribution in [3.63, 3.8) is 0 Å².